The molecule has 0 saturated carbocycles. The van der Waals surface area contributed by atoms with Crippen LogP contribution in [0.2, 0.25) is 0 Å². The molecular weight excluding hydrogens is 821 g/mol. The maximum Gasteiger partial charge on any atom is 0.304 e. The molecule has 9 atom stereocenters. The molecule has 0 aromatic heterocycles. The first-order valence-electron chi connectivity index (χ1n) is 21.3. The summed E-state index contributed by atoms with van der Waals surface area (Å²) in [7, 11) is 0. The maximum absolute atomic E-state index is 13.1. The van der Waals surface area contributed by atoms with Crippen LogP contribution in [0.1, 0.15) is 126 Å². The zero-order chi connectivity index (χ0) is 47.4. The molecule has 5 aliphatic rings. The number of aliphatic imine (C=N–C) groups is 3. The van der Waals surface area contributed by atoms with Crippen LogP contribution in [0.4, 0.5) is 0 Å². The van der Waals surface area contributed by atoms with Gasteiger partial charge in [-0.3, -0.25) is 48.5 Å². The Bertz CT molecular complexity index is 2220. The molecule has 0 aliphatic carbocycles. The third kappa shape index (κ3) is 8.56. The number of hydrogen-bond donors (Lipinski definition) is 8. The summed E-state index contributed by atoms with van der Waals surface area (Å²) < 4.78 is 0. The van der Waals surface area contributed by atoms with E-state index in [0.717, 1.165) is 0 Å². The van der Waals surface area contributed by atoms with Crippen LogP contribution < -0.4 is 5.32 Å². The van der Waals surface area contributed by atoms with Gasteiger partial charge in [0.05, 0.1) is 30.8 Å². The monoisotopic (exact) mass is 880 g/mol. The van der Waals surface area contributed by atoms with Gasteiger partial charge in [-0.1, -0.05) is 34.6 Å². The average Bonchev–Trinajstić information content (AvgIpc) is 3.75. The Kier molecular flexibility index (Phi) is 13.1. The number of aliphatic carboxylic acids is 7. The highest BCUT2D eigenvalue weighted by atomic mass is 16.4. The van der Waals surface area contributed by atoms with E-state index in [4.69, 9.17) is 15.0 Å². The smallest absolute Gasteiger partial charge is 0.304 e. The quantitative estimate of drug-likeness (QED) is 0.0792. The molecule has 0 amide bonds. The summed E-state index contributed by atoms with van der Waals surface area (Å²) in [5, 5.41) is 75.1. The summed E-state index contributed by atoms with van der Waals surface area (Å²) in [6.07, 6.45) is -1.45. The van der Waals surface area contributed by atoms with E-state index in [1.807, 2.05) is 13.8 Å². The van der Waals surface area contributed by atoms with Crippen molar-refractivity contribution in [3.05, 3.63) is 34.3 Å². The van der Waals surface area contributed by atoms with Crippen LogP contribution in [-0.4, -0.2) is 106 Å². The van der Waals surface area contributed by atoms with Crippen molar-refractivity contribution in [2.24, 2.45) is 60.3 Å². The Morgan fingerprint density at radius 3 is 1.67 bits per heavy atom. The van der Waals surface area contributed by atoms with Gasteiger partial charge in [-0.05, 0) is 63.7 Å². The zero-order valence-electron chi connectivity index (χ0n) is 37.1. The molecule has 5 aliphatic heterocycles. The summed E-state index contributed by atoms with van der Waals surface area (Å²) >= 11 is 0. The highest BCUT2D eigenvalue weighted by Gasteiger charge is 2.66. The lowest BCUT2D eigenvalue weighted by atomic mass is 9.55. The predicted molar refractivity (Wildman–Crippen MR) is 227 cm³/mol. The standard InChI is InChI=1S/C45H60N4O14/c1-21-36-24(10-13-30(52)53)41(3,4)28(47-36)18-27-23(9-12-29(50)51)43(6,19-34(60)61)39(46-27)22(2)37-25(11-14-31(54)55)44(7,20-35(62)63)45(8,49-37)40-26(17-33(58)59)42(5,38(21)48-40)16-15-32(56)57/h18,23-26,40,46H,9-17,19-20H2,1-8H3,(H,50,51)(H,52,53)(H,54,55)(H,56,57)(H,58,59)(H,60,61)(H,62,63)/b27-18?,36-21-,39-22?. The highest BCUT2D eigenvalue weighted by molar-refractivity contribution is 6.10. The molecule has 0 aromatic carbocycles. The van der Waals surface area contributed by atoms with E-state index in [1.165, 1.54) is 0 Å². The van der Waals surface area contributed by atoms with Crippen molar-refractivity contribution in [2.75, 3.05) is 0 Å². The zero-order valence-corrected chi connectivity index (χ0v) is 37.1. The molecule has 18 nitrogen and oxygen atoms in total. The molecule has 9 unspecified atom stereocenters. The van der Waals surface area contributed by atoms with E-state index in [-0.39, 0.29) is 44.2 Å². The van der Waals surface area contributed by atoms with Gasteiger partial charge in [-0.2, -0.15) is 0 Å². The Labute approximate surface area is 365 Å². The topological polar surface area (TPSA) is 310 Å². The van der Waals surface area contributed by atoms with Crippen LogP contribution in [0.3, 0.4) is 0 Å². The van der Waals surface area contributed by atoms with Crippen molar-refractivity contribution in [1.82, 2.24) is 5.32 Å². The predicted octanol–water partition coefficient (Wildman–Crippen LogP) is 5.92. The second kappa shape index (κ2) is 17.1. The highest BCUT2D eigenvalue weighted by Crippen LogP contribution is 2.62. The van der Waals surface area contributed by atoms with Crippen LogP contribution in [0, 0.1) is 45.3 Å². The fourth-order valence-corrected chi connectivity index (χ4v) is 11.8. The number of nitrogens with one attached hydrogen (secondary N) is 1. The van der Waals surface area contributed by atoms with Gasteiger partial charge in [0.1, 0.15) is 0 Å². The summed E-state index contributed by atoms with van der Waals surface area (Å²) in [5.41, 5.74) is -3.60. The fourth-order valence-electron chi connectivity index (χ4n) is 11.8. The summed E-state index contributed by atoms with van der Waals surface area (Å²) in [6, 6.07) is -1.15. The van der Waals surface area contributed by atoms with E-state index < -0.39 is 131 Å². The van der Waals surface area contributed by atoms with E-state index >= 15 is 0 Å². The van der Waals surface area contributed by atoms with E-state index in [2.05, 4.69) is 5.32 Å². The van der Waals surface area contributed by atoms with Crippen molar-refractivity contribution in [3.8, 4) is 0 Å². The molecule has 5 rings (SSSR count). The largest absolute Gasteiger partial charge is 0.481 e. The maximum atomic E-state index is 13.1. The molecule has 18 heteroatoms. The molecule has 0 aromatic rings. The second-order valence-electron chi connectivity index (χ2n) is 19.5. The van der Waals surface area contributed by atoms with Crippen LogP contribution in [-0.2, 0) is 33.6 Å². The first kappa shape index (κ1) is 48.4. The normalized spacial score (nSPS) is 34.2. The fraction of sp³-hybridized carbons (Fsp3) is 0.644. The van der Waals surface area contributed by atoms with Crippen LogP contribution in [0.5, 0.6) is 0 Å². The van der Waals surface area contributed by atoms with Crippen molar-refractivity contribution >= 4 is 58.9 Å². The Hall–Kier alpha value is -5.68. The number of rotatable bonds is 18. The Morgan fingerprint density at radius 2 is 1.16 bits per heavy atom. The minimum absolute atomic E-state index is 0.0202. The molecule has 8 N–H and O–H groups in total. The SMILES string of the molecule is CC1=C2NC(=CC3=N/C(=C(/C)C4=NC(C(CC(=O)O)C4(C)CCC(=O)O)C4(C)N=C1C(CCC(=O)O)C4(C)CC(=O)O)C(CCC(=O)O)C3(C)C)C(CCC(=O)O)C2(C)CC(=O)O. The van der Waals surface area contributed by atoms with Gasteiger partial charge in [-0.25, -0.2) is 0 Å². The molecule has 8 bridgehead atoms. The molecular formula is C45H60N4O14. The number of carbonyl (C=O) groups is 7. The van der Waals surface area contributed by atoms with Gasteiger partial charge in [0.2, 0.25) is 0 Å². The number of nitrogens with zero attached hydrogens (tertiary/aromatic N) is 3. The average molecular weight is 881 g/mol. The van der Waals surface area contributed by atoms with Gasteiger partial charge in [-0.15, -0.1) is 0 Å². The second-order valence-corrected chi connectivity index (χ2v) is 19.5. The van der Waals surface area contributed by atoms with E-state index in [1.54, 1.807) is 47.6 Å². The Morgan fingerprint density at radius 1 is 0.635 bits per heavy atom. The van der Waals surface area contributed by atoms with Gasteiger partial charge in [0, 0.05) is 105 Å². The van der Waals surface area contributed by atoms with E-state index in [0.29, 0.717) is 39.7 Å². The lowest BCUT2D eigenvalue weighted by Gasteiger charge is -2.48. The molecule has 0 spiro atoms. The number of fused-ring (bicyclic) bond motifs is 6. The van der Waals surface area contributed by atoms with E-state index in [9.17, 15) is 69.3 Å². The lowest BCUT2D eigenvalue weighted by molar-refractivity contribution is -0.143. The molecule has 1 fully saturated rings. The van der Waals surface area contributed by atoms with Gasteiger partial charge >= 0.3 is 41.8 Å². The molecule has 344 valence electrons. The van der Waals surface area contributed by atoms with Crippen LogP contribution >= 0.6 is 0 Å². The summed E-state index contributed by atoms with van der Waals surface area (Å²) in [6.45, 7) is 13.9. The minimum Gasteiger partial charge on any atom is -0.481 e. The lowest BCUT2D eigenvalue weighted by Crippen LogP contribution is -2.55. The van der Waals surface area contributed by atoms with Crippen molar-refractivity contribution in [1.29, 1.82) is 0 Å². The van der Waals surface area contributed by atoms with Crippen molar-refractivity contribution in [3.63, 3.8) is 0 Å². The number of carboxylic acid groups (broad SMARTS) is 7. The number of allylic oxidation sites excluding steroid dienone is 6. The third-order valence-corrected chi connectivity index (χ3v) is 15.3. The molecule has 1 saturated heterocycles. The van der Waals surface area contributed by atoms with Gasteiger partial charge < -0.3 is 41.1 Å². The first-order valence-corrected chi connectivity index (χ1v) is 21.3. The summed E-state index contributed by atoms with van der Waals surface area (Å²) in [5.74, 6) is -11.5. The summed E-state index contributed by atoms with van der Waals surface area (Å²) in [4.78, 5) is 104. The third-order valence-electron chi connectivity index (χ3n) is 15.3. The molecule has 5 heterocycles. The molecule has 0 radical (unpaired) electrons. The number of hydrogen-bond acceptors (Lipinski definition) is 11. The van der Waals surface area contributed by atoms with Crippen LogP contribution in [0.15, 0.2) is 49.3 Å². The first-order chi connectivity index (χ1) is 29.0. The Balaban J connectivity index is 2.03. The van der Waals surface area contributed by atoms with Crippen LogP contribution in [0.25, 0.3) is 0 Å². The van der Waals surface area contributed by atoms with Gasteiger partial charge in [0.25, 0.3) is 0 Å². The molecule has 63 heavy (non-hydrogen) atoms. The minimum atomic E-state index is -1.63. The van der Waals surface area contributed by atoms with Crippen molar-refractivity contribution < 1.29 is 69.3 Å². The number of carboxylic acids is 7. The van der Waals surface area contributed by atoms with Gasteiger partial charge in [0.15, 0.2) is 0 Å². The van der Waals surface area contributed by atoms with Crippen molar-refractivity contribution in [2.45, 2.75) is 138 Å².